The number of aromatic nitrogens is 5. The number of nitrogens with zero attached hydrogens (tertiary/aromatic N) is 5. The van der Waals surface area contributed by atoms with Crippen molar-refractivity contribution in [3.63, 3.8) is 0 Å². The molecule has 0 unspecified atom stereocenters. The molecule has 0 aliphatic rings. The number of rotatable bonds is 3. The highest BCUT2D eigenvalue weighted by Crippen LogP contribution is 2.38. The van der Waals surface area contributed by atoms with Crippen molar-refractivity contribution in [2.75, 3.05) is 0 Å². The Bertz CT molecular complexity index is 1670. The minimum atomic E-state index is -4.67. The number of alkyl halides is 3. The molecule has 0 saturated carbocycles. The van der Waals surface area contributed by atoms with Crippen LogP contribution in [0.2, 0.25) is 0 Å². The molecule has 36 heavy (non-hydrogen) atoms. The maximum absolute atomic E-state index is 14.1. The quantitative estimate of drug-likeness (QED) is 0.383. The number of imidazole rings is 2. The van der Waals surface area contributed by atoms with Gasteiger partial charge in [0.2, 0.25) is 5.91 Å². The third-order valence-corrected chi connectivity index (χ3v) is 5.65. The predicted octanol–water partition coefficient (Wildman–Crippen LogP) is 4.41. The van der Waals surface area contributed by atoms with Crippen LogP contribution >= 0.6 is 0 Å². The van der Waals surface area contributed by atoms with E-state index in [1.165, 1.54) is 41.5 Å². The summed E-state index contributed by atoms with van der Waals surface area (Å²) in [6.45, 7) is 1.76. The van der Waals surface area contributed by atoms with Crippen LogP contribution in [0.1, 0.15) is 32.7 Å². The molecule has 5 aromatic rings. The molecule has 0 aliphatic heterocycles. The third kappa shape index (κ3) is 4.07. The Hall–Kier alpha value is -4.91. The van der Waals surface area contributed by atoms with E-state index in [0.717, 1.165) is 6.07 Å². The average Bonchev–Trinajstić information content (AvgIpc) is 3.52. The average molecular weight is 486 g/mol. The SMILES string of the molecule is Cc1ccc(C(N)=O)c(-c2ccc(-n3ccnc3)c(C(F)(F)F)c2)c1C#Cc1cnc2cccnn12. The van der Waals surface area contributed by atoms with Crippen molar-refractivity contribution in [2.45, 2.75) is 13.1 Å². The number of primary amides is 1. The van der Waals surface area contributed by atoms with Gasteiger partial charge in [0.25, 0.3) is 0 Å². The monoisotopic (exact) mass is 486 g/mol. The maximum atomic E-state index is 14.1. The van der Waals surface area contributed by atoms with Gasteiger partial charge in [-0.1, -0.05) is 18.1 Å². The molecule has 0 aliphatic carbocycles. The summed E-state index contributed by atoms with van der Waals surface area (Å²) in [6, 6.07) is 10.5. The number of halogens is 3. The van der Waals surface area contributed by atoms with E-state index in [1.54, 1.807) is 42.0 Å². The first-order valence-electron chi connectivity index (χ1n) is 10.7. The summed E-state index contributed by atoms with van der Waals surface area (Å²) >= 11 is 0. The molecule has 2 N–H and O–H groups in total. The van der Waals surface area contributed by atoms with E-state index in [4.69, 9.17) is 5.73 Å². The molecule has 0 saturated heterocycles. The lowest BCUT2D eigenvalue weighted by molar-refractivity contribution is -0.137. The number of hydrogen-bond donors (Lipinski definition) is 1. The number of aryl methyl sites for hydroxylation is 1. The molecule has 0 atom stereocenters. The van der Waals surface area contributed by atoms with Gasteiger partial charge in [-0.25, -0.2) is 14.5 Å². The minimum Gasteiger partial charge on any atom is -0.366 e. The van der Waals surface area contributed by atoms with E-state index in [-0.39, 0.29) is 22.4 Å². The Kier molecular flexibility index (Phi) is 5.53. The summed E-state index contributed by atoms with van der Waals surface area (Å²) in [4.78, 5) is 20.4. The van der Waals surface area contributed by atoms with Gasteiger partial charge in [-0.05, 0) is 54.3 Å². The lowest BCUT2D eigenvalue weighted by Gasteiger charge is -2.18. The zero-order valence-corrected chi connectivity index (χ0v) is 18.8. The smallest absolute Gasteiger partial charge is 0.366 e. The van der Waals surface area contributed by atoms with E-state index >= 15 is 0 Å². The molecule has 0 bridgehead atoms. The Morgan fingerprint density at radius 2 is 1.92 bits per heavy atom. The van der Waals surface area contributed by atoms with Crippen LogP contribution in [-0.4, -0.2) is 30.1 Å². The second kappa shape index (κ2) is 8.70. The van der Waals surface area contributed by atoms with Gasteiger partial charge in [0.15, 0.2) is 5.65 Å². The van der Waals surface area contributed by atoms with Crippen LogP contribution in [0.4, 0.5) is 13.2 Å². The van der Waals surface area contributed by atoms with Crippen molar-refractivity contribution in [2.24, 2.45) is 5.73 Å². The van der Waals surface area contributed by atoms with Gasteiger partial charge in [0.1, 0.15) is 5.69 Å². The molecule has 2 aromatic carbocycles. The molecule has 3 heterocycles. The van der Waals surface area contributed by atoms with Crippen LogP contribution in [0.15, 0.2) is 73.6 Å². The van der Waals surface area contributed by atoms with Crippen LogP contribution in [0.25, 0.3) is 22.5 Å². The van der Waals surface area contributed by atoms with Gasteiger partial charge >= 0.3 is 6.18 Å². The van der Waals surface area contributed by atoms with Crippen molar-refractivity contribution in [3.8, 4) is 28.7 Å². The number of benzene rings is 2. The Morgan fingerprint density at radius 1 is 1.08 bits per heavy atom. The molecule has 0 spiro atoms. The van der Waals surface area contributed by atoms with E-state index in [0.29, 0.717) is 22.5 Å². The second-order valence-corrected chi connectivity index (χ2v) is 7.93. The molecular formula is C26H17F3N6O. The largest absolute Gasteiger partial charge is 0.418 e. The lowest BCUT2D eigenvalue weighted by Crippen LogP contribution is -2.14. The zero-order valence-electron chi connectivity index (χ0n) is 18.8. The van der Waals surface area contributed by atoms with E-state index in [9.17, 15) is 18.0 Å². The summed E-state index contributed by atoms with van der Waals surface area (Å²) in [5.41, 5.74) is 7.18. The molecule has 5 rings (SSSR count). The van der Waals surface area contributed by atoms with Crippen LogP contribution in [0.5, 0.6) is 0 Å². The summed E-state index contributed by atoms with van der Waals surface area (Å²) in [7, 11) is 0. The Labute approximate surface area is 203 Å². The van der Waals surface area contributed by atoms with E-state index < -0.39 is 17.6 Å². The lowest BCUT2D eigenvalue weighted by atomic mass is 9.89. The Balaban J connectivity index is 1.74. The summed E-state index contributed by atoms with van der Waals surface area (Å²) in [6.07, 6.45) is 2.57. The number of fused-ring (bicyclic) bond motifs is 1. The molecule has 0 fully saturated rings. The number of amides is 1. The minimum absolute atomic E-state index is 0.0599. The van der Waals surface area contributed by atoms with E-state index in [1.807, 2.05) is 0 Å². The first-order valence-corrected chi connectivity index (χ1v) is 10.7. The van der Waals surface area contributed by atoms with Gasteiger partial charge in [-0.3, -0.25) is 4.79 Å². The van der Waals surface area contributed by atoms with Crippen molar-refractivity contribution < 1.29 is 18.0 Å². The molecule has 0 radical (unpaired) electrons. The fraction of sp³-hybridized carbons (Fsp3) is 0.0769. The van der Waals surface area contributed by atoms with Gasteiger partial charge < -0.3 is 10.3 Å². The maximum Gasteiger partial charge on any atom is 0.418 e. The van der Waals surface area contributed by atoms with Crippen molar-refractivity contribution >= 4 is 11.6 Å². The van der Waals surface area contributed by atoms with Gasteiger partial charge in [-0.15, -0.1) is 0 Å². The van der Waals surface area contributed by atoms with E-state index in [2.05, 4.69) is 26.9 Å². The normalized spacial score (nSPS) is 11.3. The molecule has 178 valence electrons. The standard InChI is InChI=1S/C26H17F3N6O/c1-16-4-7-20(25(30)36)24(19(16)8-6-18-14-32-23-3-2-10-33-35(18)23)17-5-9-22(34-12-11-31-15-34)21(13-17)26(27,28)29/h2-5,7,9-15H,1H3,(H2,30,36). The van der Waals surface area contributed by atoms with Crippen LogP contribution in [0, 0.1) is 18.8 Å². The fourth-order valence-electron chi connectivity index (χ4n) is 3.96. The highest BCUT2D eigenvalue weighted by Gasteiger charge is 2.35. The first-order chi connectivity index (χ1) is 17.2. The van der Waals surface area contributed by atoms with Gasteiger partial charge in [0, 0.05) is 35.3 Å². The summed E-state index contributed by atoms with van der Waals surface area (Å²) in [5.74, 6) is 5.22. The van der Waals surface area contributed by atoms with Crippen LogP contribution in [0.3, 0.4) is 0 Å². The molecule has 10 heteroatoms. The summed E-state index contributed by atoms with van der Waals surface area (Å²) < 4.78 is 45.1. The first kappa shape index (κ1) is 22.9. The zero-order chi connectivity index (χ0) is 25.4. The number of carbonyl (C=O) groups excluding carboxylic acids is 1. The molecule has 3 aromatic heterocycles. The fourth-order valence-corrected chi connectivity index (χ4v) is 3.96. The highest BCUT2D eigenvalue weighted by molar-refractivity contribution is 6.01. The Morgan fingerprint density at radius 3 is 2.64 bits per heavy atom. The number of nitrogens with two attached hydrogens (primary N) is 1. The van der Waals surface area contributed by atoms with Crippen molar-refractivity contribution in [3.05, 3.63) is 102 Å². The van der Waals surface area contributed by atoms with Crippen LogP contribution in [-0.2, 0) is 6.18 Å². The molecular weight excluding hydrogens is 469 g/mol. The number of carbonyl (C=O) groups is 1. The van der Waals surface area contributed by atoms with Crippen molar-refractivity contribution in [1.29, 1.82) is 0 Å². The topological polar surface area (TPSA) is 91.1 Å². The second-order valence-electron chi connectivity index (χ2n) is 7.93. The highest BCUT2D eigenvalue weighted by atomic mass is 19.4. The predicted molar refractivity (Wildman–Crippen MR) is 126 cm³/mol. The number of hydrogen-bond acceptors (Lipinski definition) is 4. The van der Waals surface area contributed by atoms with Crippen molar-refractivity contribution in [1.82, 2.24) is 24.1 Å². The van der Waals surface area contributed by atoms with Gasteiger partial charge in [0.05, 0.1) is 23.8 Å². The third-order valence-electron chi connectivity index (χ3n) is 5.65. The molecule has 7 nitrogen and oxygen atoms in total. The van der Waals surface area contributed by atoms with Gasteiger partial charge in [-0.2, -0.15) is 18.3 Å². The molecule has 1 amide bonds. The van der Waals surface area contributed by atoms with Crippen LogP contribution < -0.4 is 5.73 Å². The summed E-state index contributed by atoms with van der Waals surface area (Å²) in [5, 5.41) is 4.22.